The first-order valence-corrected chi connectivity index (χ1v) is 7.33. The summed E-state index contributed by atoms with van der Waals surface area (Å²) in [6.45, 7) is 0.136. The third-order valence-corrected chi connectivity index (χ3v) is 4.09. The van der Waals surface area contributed by atoms with Gasteiger partial charge in [0.1, 0.15) is 5.75 Å². The van der Waals surface area contributed by atoms with E-state index in [0.717, 1.165) is 18.9 Å². The van der Waals surface area contributed by atoms with Crippen LogP contribution in [0.2, 0.25) is 0 Å². The lowest BCUT2D eigenvalue weighted by molar-refractivity contribution is -0.139. The molecule has 1 fully saturated rings. The molecule has 6 heteroatoms. The molecule has 0 atom stereocenters. The maximum atomic E-state index is 12.9. The lowest BCUT2D eigenvalue weighted by Crippen LogP contribution is -2.26. The molecule has 0 unspecified atom stereocenters. The van der Waals surface area contributed by atoms with Crippen molar-refractivity contribution in [2.24, 2.45) is 5.92 Å². The molecule has 0 spiro atoms. The first-order chi connectivity index (χ1) is 9.40. The molecule has 0 aliphatic heterocycles. The number of ether oxygens (including phenoxy) is 1. The van der Waals surface area contributed by atoms with Crippen molar-refractivity contribution >= 4 is 15.9 Å². The van der Waals surface area contributed by atoms with E-state index in [9.17, 15) is 13.2 Å². The number of hydrogen-bond donors (Lipinski definition) is 1. The Bertz CT molecular complexity index is 454. The third kappa shape index (κ3) is 3.88. The van der Waals surface area contributed by atoms with Crippen LogP contribution in [0.25, 0.3) is 0 Å². The standard InChI is InChI=1S/C14H16BrF3O2/c15-10-3-6-12(14(16,17)18)13(7-10)20-11-4-1-9(8-19)2-5-11/h3,6-7,9,11,19H,1-2,4-5,8H2. The Labute approximate surface area is 124 Å². The first-order valence-electron chi connectivity index (χ1n) is 6.54. The summed E-state index contributed by atoms with van der Waals surface area (Å²) in [6.07, 6.45) is -1.71. The lowest BCUT2D eigenvalue weighted by Gasteiger charge is -2.28. The van der Waals surface area contributed by atoms with Crippen molar-refractivity contribution in [1.82, 2.24) is 0 Å². The van der Waals surface area contributed by atoms with E-state index >= 15 is 0 Å². The Balaban J connectivity index is 2.11. The molecular formula is C14H16BrF3O2. The summed E-state index contributed by atoms with van der Waals surface area (Å²) in [7, 11) is 0. The fourth-order valence-electron chi connectivity index (χ4n) is 2.44. The van der Waals surface area contributed by atoms with Crippen LogP contribution in [0.1, 0.15) is 31.2 Å². The fraction of sp³-hybridized carbons (Fsp3) is 0.571. The van der Waals surface area contributed by atoms with Crippen molar-refractivity contribution in [1.29, 1.82) is 0 Å². The highest BCUT2D eigenvalue weighted by Gasteiger charge is 2.35. The number of rotatable bonds is 3. The van der Waals surface area contributed by atoms with Crippen LogP contribution in [-0.2, 0) is 6.18 Å². The van der Waals surface area contributed by atoms with E-state index < -0.39 is 11.7 Å². The Hall–Kier alpha value is -0.750. The average Bonchev–Trinajstić information content (AvgIpc) is 2.38. The maximum Gasteiger partial charge on any atom is 0.419 e. The van der Waals surface area contributed by atoms with E-state index in [2.05, 4.69) is 15.9 Å². The van der Waals surface area contributed by atoms with E-state index in [4.69, 9.17) is 9.84 Å². The van der Waals surface area contributed by atoms with Gasteiger partial charge in [-0.1, -0.05) is 15.9 Å². The van der Waals surface area contributed by atoms with Crippen molar-refractivity contribution in [3.63, 3.8) is 0 Å². The largest absolute Gasteiger partial charge is 0.490 e. The summed E-state index contributed by atoms with van der Waals surface area (Å²) in [5.74, 6) is 0.124. The summed E-state index contributed by atoms with van der Waals surface area (Å²) in [4.78, 5) is 0. The molecule has 0 amide bonds. The molecule has 0 bridgehead atoms. The summed E-state index contributed by atoms with van der Waals surface area (Å²) >= 11 is 3.17. The Kier molecular flexibility index (Phi) is 4.96. The van der Waals surface area contributed by atoms with Crippen LogP contribution >= 0.6 is 15.9 Å². The van der Waals surface area contributed by atoms with E-state index in [-0.39, 0.29) is 24.4 Å². The van der Waals surface area contributed by atoms with Crippen molar-refractivity contribution in [3.05, 3.63) is 28.2 Å². The zero-order valence-electron chi connectivity index (χ0n) is 10.8. The second-order valence-electron chi connectivity index (χ2n) is 5.08. The SMILES string of the molecule is OCC1CCC(Oc2cc(Br)ccc2C(F)(F)F)CC1. The van der Waals surface area contributed by atoms with E-state index in [1.807, 2.05) is 0 Å². The van der Waals surface area contributed by atoms with E-state index in [0.29, 0.717) is 17.3 Å². The number of benzene rings is 1. The predicted octanol–water partition coefficient (Wildman–Crippen LogP) is 4.40. The van der Waals surface area contributed by atoms with Gasteiger partial charge in [0.2, 0.25) is 0 Å². The molecule has 1 aromatic carbocycles. The van der Waals surface area contributed by atoms with Crippen LogP contribution in [-0.4, -0.2) is 17.8 Å². The molecule has 112 valence electrons. The van der Waals surface area contributed by atoms with Gasteiger partial charge < -0.3 is 9.84 Å². The quantitative estimate of drug-likeness (QED) is 0.873. The topological polar surface area (TPSA) is 29.5 Å². The summed E-state index contributed by atoms with van der Waals surface area (Å²) < 4.78 is 44.9. The van der Waals surface area contributed by atoms with Gasteiger partial charge in [0.15, 0.2) is 0 Å². The van der Waals surface area contributed by atoms with Gasteiger partial charge in [-0.15, -0.1) is 0 Å². The Morgan fingerprint density at radius 2 is 1.85 bits per heavy atom. The van der Waals surface area contributed by atoms with Gasteiger partial charge in [0.05, 0.1) is 11.7 Å². The lowest BCUT2D eigenvalue weighted by atomic mass is 9.88. The molecule has 2 nitrogen and oxygen atoms in total. The van der Waals surface area contributed by atoms with Gasteiger partial charge in [-0.3, -0.25) is 0 Å². The van der Waals surface area contributed by atoms with E-state index in [1.54, 1.807) is 0 Å². The number of alkyl halides is 3. The molecule has 0 heterocycles. The third-order valence-electron chi connectivity index (χ3n) is 3.59. The van der Waals surface area contributed by atoms with Gasteiger partial charge >= 0.3 is 6.18 Å². The second kappa shape index (κ2) is 6.35. The van der Waals surface area contributed by atoms with Gasteiger partial charge in [-0.05, 0) is 49.8 Å². The summed E-state index contributed by atoms with van der Waals surface area (Å²) in [5, 5.41) is 9.06. The zero-order chi connectivity index (χ0) is 14.8. The van der Waals surface area contributed by atoms with Crippen molar-refractivity contribution in [2.75, 3.05) is 6.61 Å². The molecule has 2 rings (SSSR count). The van der Waals surface area contributed by atoms with E-state index in [1.165, 1.54) is 12.1 Å². The van der Waals surface area contributed by atoms with Crippen LogP contribution in [0.5, 0.6) is 5.75 Å². The number of halogens is 4. The molecule has 1 aliphatic carbocycles. The Morgan fingerprint density at radius 1 is 1.20 bits per heavy atom. The van der Waals surface area contributed by atoms with Crippen LogP contribution in [0, 0.1) is 5.92 Å². The van der Waals surface area contributed by atoms with Gasteiger partial charge in [0.25, 0.3) is 0 Å². The van der Waals surface area contributed by atoms with Crippen molar-refractivity contribution < 1.29 is 23.0 Å². The molecular weight excluding hydrogens is 337 g/mol. The minimum atomic E-state index is -4.42. The molecule has 0 radical (unpaired) electrons. The Morgan fingerprint density at radius 3 is 2.40 bits per heavy atom. The van der Waals surface area contributed by atoms with Gasteiger partial charge in [-0.25, -0.2) is 0 Å². The molecule has 1 aromatic rings. The van der Waals surface area contributed by atoms with Crippen LogP contribution in [0.15, 0.2) is 22.7 Å². The summed E-state index contributed by atoms with van der Waals surface area (Å²) in [5.41, 5.74) is -0.745. The molecule has 0 aromatic heterocycles. The minimum Gasteiger partial charge on any atom is -0.490 e. The highest BCUT2D eigenvalue weighted by molar-refractivity contribution is 9.10. The van der Waals surface area contributed by atoms with Crippen molar-refractivity contribution in [3.8, 4) is 5.75 Å². The highest BCUT2D eigenvalue weighted by Crippen LogP contribution is 2.39. The minimum absolute atomic E-state index is 0.126. The highest BCUT2D eigenvalue weighted by atomic mass is 79.9. The van der Waals surface area contributed by atoms with Crippen LogP contribution in [0.3, 0.4) is 0 Å². The number of hydrogen-bond acceptors (Lipinski definition) is 2. The number of aliphatic hydroxyl groups excluding tert-OH is 1. The average molecular weight is 353 g/mol. The normalized spacial score (nSPS) is 23.6. The first kappa shape index (κ1) is 15.6. The molecule has 1 aliphatic rings. The van der Waals surface area contributed by atoms with Gasteiger partial charge in [-0.2, -0.15) is 13.2 Å². The fourth-order valence-corrected chi connectivity index (χ4v) is 2.78. The monoisotopic (exact) mass is 352 g/mol. The zero-order valence-corrected chi connectivity index (χ0v) is 12.4. The smallest absolute Gasteiger partial charge is 0.419 e. The van der Waals surface area contributed by atoms with Gasteiger partial charge in [0, 0.05) is 11.1 Å². The molecule has 20 heavy (non-hydrogen) atoms. The second-order valence-corrected chi connectivity index (χ2v) is 6.00. The van der Waals surface area contributed by atoms with Crippen LogP contribution < -0.4 is 4.74 Å². The molecule has 1 N–H and O–H groups in total. The molecule has 0 saturated heterocycles. The maximum absolute atomic E-state index is 12.9. The van der Waals surface area contributed by atoms with Crippen molar-refractivity contribution in [2.45, 2.75) is 38.0 Å². The number of aliphatic hydroxyl groups is 1. The van der Waals surface area contributed by atoms with Crippen LogP contribution in [0.4, 0.5) is 13.2 Å². The predicted molar refractivity (Wildman–Crippen MR) is 72.6 cm³/mol. The summed E-state index contributed by atoms with van der Waals surface area (Å²) in [6, 6.07) is 3.75. The molecule has 1 saturated carbocycles.